The van der Waals surface area contributed by atoms with Crippen LogP contribution >= 0.6 is 0 Å². The fourth-order valence-electron chi connectivity index (χ4n) is 4.63. The molecule has 0 unspecified atom stereocenters. The van der Waals surface area contributed by atoms with Crippen molar-refractivity contribution in [1.82, 2.24) is 4.90 Å². The predicted octanol–water partition coefficient (Wildman–Crippen LogP) is 0.366. The molecule has 0 radical (unpaired) electrons. The molecular weight excluding hydrogens is 374 g/mol. The minimum Gasteiger partial charge on any atom is -0.480 e. The van der Waals surface area contributed by atoms with Gasteiger partial charge in [0.05, 0.1) is 19.6 Å². The third kappa shape index (κ3) is 2.50. The van der Waals surface area contributed by atoms with Gasteiger partial charge in [0.25, 0.3) is 5.54 Å². The first kappa shape index (κ1) is 19.5. The first-order valence-corrected chi connectivity index (χ1v) is 8.44. The van der Waals surface area contributed by atoms with E-state index in [1.165, 1.54) is 24.3 Å². The molecule has 1 saturated heterocycles. The van der Waals surface area contributed by atoms with Crippen LogP contribution in [0.3, 0.4) is 0 Å². The third-order valence-electron chi connectivity index (χ3n) is 5.62. The highest BCUT2D eigenvalue weighted by Gasteiger charge is 2.77. The van der Waals surface area contributed by atoms with Gasteiger partial charge in [-0.2, -0.15) is 0 Å². The van der Waals surface area contributed by atoms with E-state index < -0.39 is 70.4 Å². The number of benzene rings is 1. The molecule has 3 rings (SSSR count). The Hall–Kier alpha value is -3.21. The second-order valence-electron chi connectivity index (χ2n) is 7.24. The summed E-state index contributed by atoms with van der Waals surface area (Å²) in [5.41, 5.74) is -4.80. The van der Waals surface area contributed by atoms with Crippen molar-refractivity contribution in [2.75, 3.05) is 19.6 Å². The summed E-state index contributed by atoms with van der Waals surface area (Å²) in [7, 11) is 0. The zero-order valence-electron chi connectivity index (χ0n) is 14.9. The molecule has 11 heteroatoms. The molecule has 148 valence electrons. The van der Waals surface area contributed by atoms with E-state index >= 15 is 0 Å². The van der Waals surface area contributed by atoms with Gasteiger partial charge in [0.1, 0.15) is 11.7 Å². The third-order valence-corrected chi connectivity index (χ3v) is 5.62. The van der Waals surface area contributed by atoms with E-state index in [1.54, 1.807) is 0 Å². The van der Waals surface area contributed by atoms with Crippen LogP contribution in [0, 0.1) is 26.1 Å². The first-order valence-electron chi connectivity index (χ1n) is 8.44. The summed E-state index contributed by atoms with van der Waals surface area (Å²) in [6.45, 7) is -0.623. The van der Waals surface area contributed by atoms with E-state index in [0.29, 0.717) is 0 Å². The number of carboxylic acids is 1. The van der Waals surface area contributed by atoms with Crippen LogP contribution in [0.5, 0.6) is 0 Å². The number of fused-ring (bicyclic) bond motifs is 4. The van der Waals surface area contributed by atoms with Crippen LogP contribution in [-0.2, 0) is 15.1 Å². The van der Waals surface area contributed by atoms with Crippen LogP contribution < -0.4 is 0 Å². The second kappa shape index (κ2) is 6.44. The second-order valence-corrected chi connectivity index (χ2v) is 7.24. The molecular formula is C17H17N3O8. The molecule has 1 aliphatic heterocycles. The molecule has 1 aromatic rings. The minimum atomic E-state index is -2.49. The molecule has 28 heavy (non-hydrogen) atoms. The van der Waals surface area contributed by atoms with E-state index in [9.17, 15) is 34.6 Å². The minimum absolute atomic E-state index is 0.0242. The highest BCUT2D eigenvalue weighted by atomic mass is 16.6. The van der Waals surface area contributed by atoms with Gasteiger partial charge in [-0.15, -0.1) is 0 Å². The maximum Gasteiger partial charge on any atom is 0.317 e. The number of carboxylic acid groups (broad SMARTS) is 1. The Morgan fingerprint density at radius 1 is 1.18 bits per heavy atom. The van der Waals surface area contributed by atoms with Gasteiger partial charge in [-0.25, -0.2) is 0 Å². The number of ketones is 2. The first-order chi connectivity index (χ1) is 13.1. The normalized spacial score (nSPS) is 29.0. The zero-order valence-corrected chi connectivity index (χ0v) is 14.9. The van der Waals surface area contributed by atoms with Crippen LogP contribution in [0.4, 0.5) is 0 Å². The topological polar surface area (TPSA) is 161 Å². The Balaban J connectivity index is 2.39. The van der Waals surface area contributed by atoms with Gasteiger partial charge in [0.2, 0.25) is 5.78 Å². The summed E-state index contributed by atoms with van der Waals surface area (Å²) in [5, 5.41) is 33.6. The summed E-state index contributed by atoms with van der Waals surface area (Å²) < 4.78 is 0. The van der Waals surface area contributed by atoms with E-state index in [0.717, 1.165) is 11.8 Å². The number of hydrogen-bond acceptors (Lipinski definition) is 8. The smallest absolute Gasteiger partial charge is 0.317 e. The molecule has 1 N–H and O–H groups in total. The summed E-state index contributed by atoms with van der Waals surface area (Å²) in [6.07, 6.45) is -0.539. The Bertz CT molecular complexity index is 915. The summed E-state index contributed by atoms with van der Waals surface area (Å²) in [5.74, 6) is -4.33. The molecule has 0 spiro atoms. The number of carbonyl (C=O) groups is 3. The summed E-state index contributed by atoms with van der Waals surface area (Å²) in [6, 6.07) is 5.56. The lowest BCUT2D eigenvalue weighted by Crippen LogP contribution is -2.75. The highest BCUT2D eigenvalue weighted by Crippen LogP contribution is 2.53. The molecule has 0 saturated carbocycles. The van der Waals surface area contributed by atoms with Gasteiger partial charge in [-0.3, -0.25) is 34.7 Å². The standard InChI is InChI=1S/C17H17N3O8/c1-10(21)6-13-16(19(25)26)8-18(7-14(22)23)9-17(13,20(27)28)15(24)11-4-2-3-5-12(11)16/h2-5,13H,6-9H2,1H3,(H,22,23)/t13-,16-,17-/m1/s1. The van der Waals surface area contributed by atoms with Gasteiger partial charge >= 0.3 is 11.5 Å². The molecule has 2 bridgehead atoms. The molecule has 1 heterocycles. The van der Waals surface area contributed by atoms with Gasteiger partial charge in [-0.1, -0.05) is 24.3 Å². The predicted molar refractivity (Wildman–Crippen MR) is 92.0 cm³/mol. The van der Waals surface area contributed by atoms with Crippen LogP contribution in [0.25, 0.3) is 0 Å². The fraction of sp³-hybridized carbons (Fsp3) is 0.471. The monoisotopic (exact) mass is 391 g/mol. The van der Waals surface area contributed by atoms with Crippen molar-refractivity contribution in [2.24, 2.45) is 5.92 Å². The summed E-state index contributed by atoms with van der Waals surface area (Å²) in [4.78, 5) is 60.3. The number of piperidine rings is 1. The van der Waals surface area contributed by atoms with E-state index in [4.69, 9.17) is 5.11 Å². The SMILES string of the molecule is CC(=O)C[C@H]1[C@]2([N+](=O)[O-])CN(CC(=O)O)C[C@@]1([N+](=O)[O-])c1ccccc1C2=O. The molecule has 1 aliphatic carbocycles. The van der Waals surface area contributed by atoms with Gasteiger partial charge in [-0.05, 0) is 6.92 Å². The quantitative estimate of drug-likeness (QED) is 0.533. The van der Waals surface area contributed by atoms with Crippen molar-refractivity contribution in [2.45, 2.75) is 24.4 Å². The zero-order chi connectivity index (χ0) is 20.9. The van der Waals surface area contributed by atoms with Crippen molar-refractivity contribution < 1.29 is 29.3 Å². The lowest BCUT2D eigenvalue weighted by molar-refractivity contribution is -0.640. The Morgan fingerprint density at radius 3 is 2.29 bits per heavy atom. The number of nitrogens with zero attached hydrogens (tertiary/aromatic N) is 3. The number of nitro groups is 2. The summed E-state index contributed by atoms with van der Waals surface area (Å²) >= 11 is 0. The highest BCUT2D eigenvalue weighted by molar-refractivity contribution is 6.06. The van der Waals surface area contributed by atoms with Gasteiger partial charge in [0, 0.05) is 27.4 Å². The van der Waals surface area contributed by atoms with Crippen molar-refractivity contribution in [3.05, 3.63) is 55.6 Å². The number of rotatable bonds is 6. The number of carbonyl (C=O) groups excluding carboxylic acids is 2. The van der Waals surface area contributed by atoms with Gasteiger partial charge < -0.3 is 9.90 Å². The van der Waals surface area contributed by atoms with Crippen molar-refractivity contribution in [1.29, 1.82) is 0 Å². The maximum absolute atomic E-state index is 13.2. The van der Waals surface area contributed by atoms with E-state index in [1.807, 2.05) is 0 Å². The van der Waals surface area contributed by atoms with E-state index in [-0.39, 0.29) is 11.1 Å². The average Bonchev–Trinajstić information content (AvgIpc) is 2.59. The van der Waals surface area contributed by atoms with Gasteiger partial charge in [0.15, 0.2) is 0 Å². The van der Waals surface area contributed by atoms with Crippen molar-refractivity contribution in [3.8, 4) is 0 Å². The molecule has 0 amide bonds. The molecule has 2 aliphatic rings. The van der Waals surface area contributed by atoms with Crippen LogP contribution in [0.2, 0.25) is 0 Å². The lowest BCUT2D eigenvalue weighted by Gasteiger charge is -2.50. The number of likely N-dealkylation sites (tertiary alicyclic amines) is 1. The molecule has 1 aromatic carbocycles. The Morgan fingerprint density at radius 2 is 1.75 bits per heavy atom. The van der Waals surface area contributed by atoms with Crippen molar-refractivity contribution in [3.63, 3.8) is 0 Å². The van der Waals surface area contributed by atoms with Crippen molar-refractivity contribution >= 4 is 17.5 Å². The molecule has 0 aromatic heterocycles. The maximum atomic E-state index is 13.2. The number of hydrogen-bond donors (Lipinski definition) is 1. The molecule has 1 fully saturated rings. The fourth-order valence-corrected chi connectivity index (χ4v) is 4.63. The van der Waals surface area contributed by atoms with Crippen LogP contribution in [-0.4, -0.2) is 62.6 Å². The lowest BCUT2D eigenvalue weighted by atomic mass is 9.56. The molecule has 3 atom stereocenters. The number of aliphatic carboxylic acids is 1. The Kier molecular flexibility index (Phi) is 4.50. The molecule has 11 nitrogen and oxygen atoms in total. The van der Waals surface area contributed by atoms with E-state index in [2.05, 4.69) is 0 Å². The van der Waals surface area contributed by atoms with Crippen LogP contribution in [0.15, 0.2) is 24.3 Å². The number of Topliss-reactive ketones (excluding diaryl/α,β-unsaturated/α-hetero) is 2. The van der Waals surface area contributed by atoms with Crippen LogP contribution in [0.1, 0.15) is 29.3 Å². The largest absolute Gasteiger partial charge is 0.480 e. The Labute approximate surface area is 158 Å². The average molecular weight is 391 g/mol.